The molecule has 3 N–H and O–H groups in total. The summed E-state index contributed by atoms with van der Waals surface area (Å²) in [5.41, 5.74) is 7.18. The van der Waals surface area contributed by atoms with Crippen molar-refractivity contribution in [3.63, 3.8) is 0 Å². The van der Waals surface area contributed by atoms with Crippen LogP contribution in [0.1, 0.15) is 18.5 Å². The minimum Gasteiger partial charge on any atom is -0.446 e. The molecule has 2 atom stereocenters. The molecule has 4 heteroatoms. The smallest absolute Gasteiger partial charge is 0.225 e. The van der Waals surface area contributed by atoms with E-state index in [0.29, 0.717) is 5.71 Å². The average Bonchev–Trinajstić information content (AvgIpc) is 2.62. The summed E-state index contributed by atoms with van der Waals surface area (Å²) in [6.07, 6.45) is 2.62. The molecular weight excluding hydrogens is 180 g/mol. The van der Waals surface area contributed by atoms with Gasteiger partial charge in [-0.15, -0.1) is 0 Å². The van der Waals surface area contributed by atoms with Crippen LogP contribution in [-0.4, -0.2) is 16.2 Å². The van der Waals surface area contributed by atoms with Crippen molar-refractivity contribution >= 4 is 11.1 Å². The first-order valence-electron chi connectivity index (χ1n) is 4.45. The molecule has 0 bridgehead atoms. The molecule has 2 heterocycles. The van der Waals surface area contributed by atoms with E-state index in [1.54, 1.807) is 19.4 Å². The van der Waals surface area contributed by atoms with Crippen LogP contribution >= 0.6 is 0 Å². The predicted molar refractivity (Wildman–Crippen MR) is 52.6 cm³/mol. The number of pyridine rings is 1. The van der Waals surface area contributed by atoms with Crippen LogP contribution in [0.3, 0.4) is 0 Å². The zero-order chi connectivity index (χ0) is 10.1. The third kappa shape index (κ3) is 1.49. The Kier molecular flexibility index (Phi) is 2.23. The molecular formula is C10H12N2O2. The summed E-state index contributed by atoms with van der Waals surface area (Å²) < 4.78 is 5.10. The van der Waals surface area contributed by atoms with E-state index in [-0.39, 0.29) is 0 Å². The molecule has 2 rings (SSSR count). The van der Waals surface area contributed by atoms with Gasteiger partial charge in [0, 0.05) is 11.6 Å². The lowest BCUT2D eigenvalue weighted by Gasteiger charge is -2.14. The number of rotatable bonds is 2. The fourth-order valence-electron chi connectivity index (χ4n) is 1.34. The number of hydrogen-bond donors (Lipinski definition) is 2. The van der Waals surface area contributed by atoms with Crippen molar-refractivity contribution in [2.24, 2.45) is 5.73 Å². The zero-order valence-electron chi connectivity index (χ0n) is 7.84. The SMILES string of the molecule is CC(O)C(N)c1cnc2occc2c1. The first-order chi connectivity index (χ1) is 6.68. The molecule has 0 radical (unpaired) electrons. The topological polar surface area (TPSA) is 72.3 Å². The minimum absolute atomic E-state index is 0.401. The van der Waals surface area contributed by atoms with E-state index in [2.05, 4.69) is 4.98 Å². The van der Waals surface area contributed by atoms with Crippen molar-refractivity contribution in [2.75, 3.05) is 0 Å². The number of nitrogens with two attached hydrogens (primary N) is 1. The second-order valence-corrected chi connectivity index (χ2v) is 3.35. The maximum atomic E-state index is 9.32. The van der Waals surface area contributed by atoms with Crippen molar-refractivity contribution < 1.29 is 9.52 Å². The lowest BCUT2D eigenvalue weighted by molar-refractivity contribution is 0.164. The first-order valence-corrected chi connectivity index (χ1v) is 4.45. The Labute approximate surface area is 81.4 Å². The number of nitrogens with zero attached hydrogens (tertiary/aromatic N) is 1. The van der Waals surface area contributed by atoms with Crippen LogP contribution in [0.15, 0.2) is 29.0 Å². The van der Waals surface area contributed by atoms with Crippen molar-refractivity contribution in [2.45, 2.75) is 19.1 Å². The first kappa shape index (κ1) is 9.18. The van der Waals surface area contributed by atoms with E-state index in [0.717, 1.165) is 10.9 Å². The normalized spacial score (nSPS) is 15.6. The van der Waals surface area contributed by atoms with E-state index in [9.17, 15) is 5.11 Å². The third-order valence-corrected chi connectivity index (χ3v) is 2.23. The summed E-state index contributed by atoms with van der Waals surface area (Å²) in [6.45, 7) is 1.66. The Morgan fingerprint density at radius 2 is 2.36 bits per heavy atom. The average molecular weight is 192 g/mol. The van der Waals surface area contributed by atoms with Crippen molar-refractivity contribution in [1.29, 1.82) is 0 Å². The standard InChI is InChI=1S/C10H12N2O2/c1-6(13)9(11)8-4-7-2-3-14-10(7)12-5-8/h2-6,9,13H,11H2,1H3. The number of hydrogen-bond acceptors (Lipinski definition) is 4. The van der Waals surface area contributed by atoms with Gasteiger partial charge >= 0.3 is 0 Å². The molecule has 2 aromatic heterocycles. The Hall–Kier alpha value is -1.39. The summed E-state index contributed by atoms with van der Waals surface area (Å²) in [4.78, 5) is 4.09. The summed E-state index contributed by atoms with van der Waals surface area (Å²) >= 11 is 0. The molecule has 2 unspecified atom stereocenters. The summed E-state index contributed by atoms with van der Waals surface area (Å²) in [5, 5.41) is 10.2. The molecule has 0 aliphatic heterocycles. The largest absolute Gasteiger partial charge is 0.446 e. The molecule has 0 amide bonds. The number of fused-ring (bicyclic) bond motifs is 1. The van der Waals surface area contributed by atoms with Gasteiger partial charge in [-0.05, 0) is 24.6 Å². The number of aliphatic hydroxyl groups excluding tert-OH is 1. The van der Waals surface area contributed by atoms with E-state index in [1.807, 2.05) is 12.1 Å². The Morgan fingerprint density at radius 3 is 3.07 bits per heavy atom. The van der Waals surface area contributed by atoms with Crippen LogP contribution in [0, 0.1) is 0 Å². The van der Waals surface area contributed by atoms with Crippen LogP contribution in [0.4, 0.5) is 0 Å². The monoisotopic (exact) mass is 192 g/mol. The van der Waals surface area contributed by atoms with Crippen LogP contribution in [0.25, 0.3) is 11.1 Å². The molecule has 4 nitrogen and oxygen atoms in total. The number of aromatic nitrogens is 1. The molecule has 0 fully saturated rings. The zero-order valence-corrected chi connectivity index (χ0v) is 7.84. The maximum Gasteiger partial charge on any atom is 0.225 e. The van der Waals surface area contributed by atoms with Crippen LogP contribution in [0.2, 0.25) is 0 Å². The molecule has 0 saturated heterocycles. The van der Waals surface area contributed by atoms with Gasteiger partial charge in [0.15, 0.2) is 0 Å². The van der Waals surface area contributed by atoms with Gasteiger partial charge < -0.3 is 15.3 Å². The molecule has 0 aliphatic carbocycles. The highest BCUT2D eigenvalue weighted by Crippen LogP contribution is 2.19. The molecule has 14 heavy (non-hydrogen) atoms. The number of furan rings is 1. The summed E-state index contributed by atoms with van der Waals surface area (Å²) in [5.74, 6) is 0. The van der Waals surface area contributed by atoms with Gasteiger partial charge in [-0.2, -0.15) is 0 Å². The van der Waals surface area contributed by atoms with Gasteiger partial charge in [0.05, 0.1) is 18.4 Å². The fraction of sp³-hybridized carbons (Fsp3) is 0.300. The van der Waals surface area contributed by atoms with E-state index >= 15 is 0 Å². The minimum atomic E-state index is -0.582. The second kappa shape index (κ2) is 3.40. The summed E-state index contributed by atoms with van der Waals surface area (Å²) in [6, 6.07) is 3.30. The van der Waals surface area contributed by atoms with Gasteiger partial charge in [-0.3, -0.25) is 0 Å². The Bertz CT molecular complexity index is 436. The molecule has 74 valence electrons. The Balaban J connectivity index is 2.43. The molecule has 0 aromatic carbocycles. The van der Waals surface area contributed by atoms with E-state index < -0.39 is 12.1 Å². The quantitative estimate of drug-likeness (QED) is 0.750. The predicted octanol–water partition coefficient (Wildman–Crippen LogP) is 1.21. The third-order valence-electron chi connectivity index (χ3n) is 2.23. The highest BCUT2D eigenvalue weighted by Gasteiger charge is 2.13. The van der Waals surface area contributed by atoms with Gasteiger partial charge in [0.25, 0.3) is 0 Å². The molecule has 0 spiro atoms. The Morgan fingerprint density at radius 1 is 1.57 bits per heavy atom. The van der Waals surface area contributed by atoms with Crippen LogP contribution < -0.4 is 5.73 Å². The molecule has 2 aromatic rings. The van der Waals surface area contributed by atoms with E-state index in [1.165, 1.54) is 0 Å². The van der Waals surface area contributed by atoms with E-state index in [4.69, 9.17) is 10.2 Å². The summed E-state index contributed by atoms with van der Waals surface area (Å²) in [7, 11) is 0. The van der Waals surface area contributed by atoms with Crippen LogP contribution in [-0.2, 0) is 0 Å². The lowest BCUT2D eigenvalue weighted by Crippen LogP contribution is -2.23. The van der Waals surface area contributed by atoms with Gasteiger partial charge in [-0.25, -0.2) is 4.98 Å². The van der Waals surface area contributed by atoms with Gasteiger partial charge in [0.1, 0.15) is 0 Å². The molecule has 0 aliphatic rings. The number of aliphatic hydroxyl groups is 1. The maximum absolute atomic E-state index is 9.32. The highest BCUT2D eigenvalue weighted by molar-refractivity contribution is 5.73. The van der Waals surface area contributed by atoms with Crippen LogP contribution in [0.5, 0.6) is 0 Å². The molecule has 0 saturated carbocycles. The van der Waals surface area contributed by atoms with Gasteiger partial charge in [0.2, 0.25) is 5.71 Å². The second-order valence-electron chi connectivity index (χ2n) is 3.35. The highest BCUT2D eigenvalue weighted by atomic mass is 16.3. The van der Waals surface area contributed by atoms with Crippen molar-refractivity contribution in [3.8, 4) is 0 Å². The van der Waals surface area contributed by atoms with Crippen molar-refractivity contribution in [1.82, 2.24) is 4.98 Å². The van der Waals surface area contributed by atoms with Crippen molar-refractivity contribution in [3.05, 3.63) is 30.2 Å². The van der Waals surface area contributed by atoms with Gasteiger partial charge in [-0.1, -0.05) is 0 Å². The lowest BCUT2D eigenvalue weighted by atomic mass is 10.1. The fourth-order valence-corrected chi connectivity index (χ4v) is 1.34.